The van der Waals surface area contributed by atoms with Crippen molar-refractivity contribution in [2.45, 2.75) is 39.7 Å². The number of nitrogens with zero attached hydrogens (tertiary/aromatic N) is 3. The summed E-state index contributed by atoms with van der Waals surface area (Å²) in [5.41, 5.74) is 6.58. The largest absolute Gasteiger partial charge is 0.396 e. The van der Waals surface area contributed by atoms with Crippen LogP contribution in [0.15, 0.2) is 6.20 Å². The SMILES string of the molecule is CCn1cc(N)c(C(=O)NCCCN2CCC(C)CC2)n1. The van der Waals surface area contributed by atoms with Crippen LogP contribution in [0.1, 0.15) is 43.6 Å². The molecular weight excluding hydrogens is 266 g/mol. The van der Waals surface area contributed by atoms with Gasteiger partial charge < -0.3 is 16.0 Å². The zero-order valence-corrected chi connectivity index (χ0v) is 13.1. The van der Waals surface area contributed by atoms with Crippen LogP contribution in [0.2, 0.25) is 0 Å². The fourth-order valence-corrected chi connectivity index (χ4v) is 2.65. The number of nitrogens with two attached hydrogens (primary N) is 1. The molecule has 0 atom stereocenters. The van der Waals surface area contributed by atoms with Gasteiger partial charge in [-0.15, -0.1) is 0 Å². The van der Waals surface area contributed by atoms with Gasteiger partial charge in [-0.25, -0.2) is 0 Å². The molecule has 1 amide bonds. The van der Waals surface area contributed by atoms with Crippen molar-refractivity contribution in [2.24, 2.45) is 5.92 Å². The zero-order valence-electron chi connectivity index (χ0n) is 13.1. The molecule has 2 heterocycles. The van der Waals surface area contributed by atoms with Crippen LogP contribution in [0.4, 0.5) is 5.69 Å². The number of nitrogens with one attached hydrogen (secondary N) is 1. The predicted octanol–water partition coefficient (Wildman–Crippen LogP) is 1.34. The first-order valence-electron chi connectivity index (χ1n) is 7.93. The van der Waals surface area contributed by atoms with Crippen molar-refractivity contribution in [2.75, 3.05) is 31.9 Å². The van der Waals surface area contributed by atoms with E-state index in [1.165, 1.54) is 25.9 Å². The number of amides is 1. The molecule has 21 heavy (non-hydrogen) atoms. The number of likely N-dealkylation sites (tertiary alicyclic amines) is 1. The second kappa shape index (κ2) is 7.45. The number of piperidine rings is 1. The van der Waals surface area contributed by atoms with Gasteiger partial charge >= 0.3 is 0 Å². The Morgan fingerprint density at radius 1 is 1.48 bits per heavy atom. The maximum absolute atomic E-state index is 12.0. The van der Waals surface area contributed by atoms with Crippen molar-refractivity contribution >= 4 is 11.6 Å². The lowest BCUT2D eigenvalue weighted by atomic mass is 9.99. The lowest BCUT2D eigenvalue weighted by Gasteiger charge is -2.30. The summed E-state index contributed by atoms with van der Waals surface area (Å²) in [6, 6.07) is 0. The molecule has 1 aromatic rings. The van der Waals surface area contributed by atoms with Crippen LogP contribution in [0.25, 0.3) is 0 Å². The van der Waals surface area contributed by atoms with Gasteiger partial charge in [-0.05, 0) is 51.7 Å². The van der Waals surface area contributed by atoms with Crippen molar-refractivity contribution < 1.29 is 4.79 Å². The Labute approximate surface area is 126 Å². The number of rotatable bonds is 6. The number of nitrogen functional groups attached to an aromatic ring is 1. The summed E-state index contributed by atoms with van der Waals surface area (Å²) in [5.74, 6) is 0.685. The van der Waals surface area contributed by atoms with Crippen molar-refractivity contribution in [1.29, 1.82) is 0 Å². The molecule has 0 bridgehead atoms. The first kappa shape index (κ1) is 15.8. The summed E-state index contributed by atoms with van der Waals surface area (Å²) in [6.45, 7) is 9.08. The van der Waals surface area contributed by atoms with Gasteiger partial charge in [-0.1, -0.05) is 6.92 Å². The normalized spacial score (nSPS) is 17.0. The molecule has 118 valence electrons. The number of aryl methyl sites for hydroxylation is 1. The Balaban J connectivity index is 1.68. The molecule has 0 radical (unpaired) electrons. The lowest BCUT2D eigenvalue weighted by molar-refractivity contribution is 0.0945. The monoisotopic (exact) mass is 293 g/mol. The van der Waals surface area contributed by atoms with Crippen LogP contribution in [0.3, 0.4) is 0 Å². The van der Waals surface area contributed by atoms with E-state index >= 15 is 0 Å². The molecule has 1 aliphatic rings. The fraction of sp³-hybridized carbons (Fsp3) is 0.733. The smallest absolute Gasteiger partial charge is 0.273 e. The van der Waals surface area contributed by atoms with E-state index in [2.05, 4.69) is 22.2 Å². The Kier molecular flexibility index (Phi) is 5.61. The molecule has 0 spiro atoms. The minimum absolute atomic E-state index is 0.174. The average molecular weight is 293 g/mol. The van der Waals surface area contributed by atoms with Gasteiger partial charge in [0.1, 0.15) is 0 Å². The van der Waals surface area contributed by atoms with E-state index < -0.39 is 0 Å². The first-order chi connectivity index (χ1) is 10.1. The highest BCUT2D eigenvalue weighted by Crippen LogP contribution is 2.15. The van der Waals surface area contributed by atoms with Gasteiger partial charge in [0.2, 0.25) is 0 Å². The molecule has 3 N–H and O–H groups in total. The highest BCUT2D eigenvalue weighted by Gasteiger charge is 2.16. The second-order valence-corrected chi connectivity index (χ2v) is 5.92. The van der Waals surface area contributed by atoms with Crippen LogP contribution in [-0.2, 0) is 6.54 Å². The molecule has 1 saturated heterocycles. The fourth-order valence-electron chi connectivity index (χ4n) is 2.65. The minimum Gasteiger partial charge on any atom is -0.396 e. The summed E-state index contributed by atoms with van der Waals surface area (Å²) in [7, 11) is 0. The van der Waals surface area contributed by atoms with Crippen molar-refractivity contribution in [3.63, 3.8) is 0 Å². The first-order valence-corrected chi connectivity index (χ1v) is 7.93. The average Bonchev–Trinajstić information content (AvgIpc) is 2.86. The van der Waals surface area contributed by atoms with Crippen molar-refractivity contribution in [3.05, 3.63) is 11.9 Å². The Bertz CT molecular complexity index is 463. The Hall–Kier alpha value is -1.56. The van der Waals surface area contributed by atoms with E-state index in [-0.39, 0.29) is 5.91 Å². The quantitative estimate of drug-likeness (QED) is 0.776. The van der Waals surface area contributed by atoms with E-state index in [1.54, 1.807) is 10.9 Å². The minimum atomic E-state index is -0.174. The summed E-state index contributed by atoms with van der Waals surface area (Å²) < 4.78 is 1.68. The molecule has 0 aromatic carbocycles. The van der Waals surface area contributed by atoms with E-state index in [0.29, 0.717) is 24.5 Å². The number of carbonyl (C=O) groups excluding carboxylic acids is 1. The predicted molar refractivity (Wildman–Crippen MR) is 84.1 cm³/mol. The lowest BCUT2D eigenvalue weighted by Crippen LogP contribution is -2.35. The zero-order chi connectivity index (χ0) is 15.2. The van der Waals surface area contributed by atoms with E-state index in [4.69, 9.17) is 5.73 Å². The third-order valence-corrected chi connectivity index (χ3v) is 4.14. The van der Waals surface area contributed by atoms with Gasteiger partial charge in [0.05, 0.1) is 5.69 Å². The summed E-state index contributed by atoms with van der Waals surface area (Å²) in [4.78, 5) is 14.5. The third-order valence-electron chi connectivity index (χ3n) is 4.14. The van der Waals surface area contributed by atoms with Crippen LogP contribution in [0.5, 0.6) is 0 Å². The molecule has 2 rings (SSSR count). The molecule has 0 aliphatic carbocycles. The van der Waals surface area contributed by atoms with Crippen LogP contribution in [-0.4, -0.2) is 46.8 Å². The Morgan fingerprint density at radius 3 is 2.81 bits per heavy atom. The van der Waals surface area contributed by atoms with Crippen molar-refractivity contribution in [1.82, 2.24) is 20.0 Å². The number of aromatic nitrogens is 2. The second-order valence-electron chi connectivity index (χ2n) is 5.92. The van der Waals surface area contributed by atoms with Gasteiger partial charge in [0.25, 0.3) is 5.91 Å². The van der Waals surface area contributed by atoms with Crippen LogP contribution >= 0.6 is 0 Å². The van der Waals surface area contributed by atoms with Crippen molar-refractivity contribution in [3.8, 4) is 0 Å². The maximum Gasteiger partial charge on any atom is 0.273 e. The highest BCUT2D eigenvalue weighted by atomic mass is 16.1. The molecule has 6 nitrogen and oxygen atoms in total. The van der Waals surface area contributed by atoms with Gasteiger partial charge in [0, 0.05) is 19.3 Å². The molecule has 0 saturated carbocycles. The number of hydrogen-bond donors (Lipinski definition) is 2. The van der Waals surface area contributed by atoms with E-state index in [1.807, 2.05) is 6.92 Å². The molecular formula is C15H27N5O. The number of hydrogen-bond acceptors (Lipinski definition) is 4. The van der Waals surface area contributed by atoms with Gasteiger partial charge in [-0.2, -0.15) is 5.10 Å². The van der Waals surface area contributed by atoms with Crippen LogP contribution in [0, 0.1) is 5.92 Å². The standard InChI is InChI=1S/C15H27N5O/c1-3-20-11-13(16)14(18-20)15(21)17-7-4-8-19-9-5-12(2)6-10-19/h11-12H,3-10,16H2,1-2H3,(H,17,21). The number of anilines is 1. The highest BCUT2D eigenvalue weighted by molar-refractivity contribution is 5.96. The Morgan fingerprint density at radius 2 is 2.19 bits per heavy atom. The maximum atomic E-state index is 12.0. The van der Waals surface area contributed by atoms with E-state index in [9.17, 15) is 4.79 Å². The molecule has 6 heteroatoms. The summed E-state index contributed by atoms with van der Waals surface area (Å²) >= 11 is 0. The van der Waals surface area contributed by atoms with E-state index in [0.717, 1.165) is 18.9 Å². The van der Waals surface area contributed by atoms with Crippen LogP contribution < -0.4 is 11.1 Å². The molecule has 1 aromatic heterocycles. The molecule has 1 fully saturated rings. The van der Waals surface area contributed by atoms with Gasteiger partial charge in [-0.3, -0.25) is 9.48 Å². The topological polar surface area (TPSA) is 76.2 Å². The molecule has 1 aliphatic heterocycles. The number of carbonyl (C=O) groups is 1. The third kappa shape index (κ3) is 4.46. The summed E-state index contributed by atoms with van der Waals surface area (Å²) in [5, 5.41) is 7.08. The van der Waals surface area contributed by atoms with Gasteiger partial charge in [0.15, 0.2) is 5.69 Å². The molecule has 0 unspecified atom stereocenters. The summed E-state index contributed by atoms with van der Waals surface area (Å²) in [6.07, 6.45) is 5.24.